The van der Waals surface area contributed by atoms with Crippen molar-refractivity contribution in [3.05, 3.63) is 77.1 Å². The van der Waals surface area contributed by atoms with Crippen molar-refractivity contribution in [1.29, 1.82) is 0 Å². The monoisotopic (exact) mass is 415 g/mol. The molecule has 5 rings (SSSR count). The van der Waals surface area contributed by atoms with Gasteiger partial charge in [-0.15, -0.1) is 0 Å². The highest BCUT2D eigenvalue weighted by atomic mass is 16.3. The van der Waals surface area contributed by atoms with Crippen LogP contribution in [-0.2, 0) is 13.2 Å². The molecule has 0 bridgehead atoms. The van der Waals surface area contributed by atoms with Gasteiger partial charge in [-0.2, -0.15) is 5.10 Å². The number of carbonyl (C=O) groups excluding carboxylic acids is 1. The third-order valence-electron chi connectivity index (χ3n) is 6.70. The van der Waals surface area contributed by atoms with E-state index in [1.807, 2.05) is 18.0 Å². The summed E-state index contributed by atoms with van der Waals surface area (Å²) in [4.78, 5) is 14.7. The Balaban J connectivity index is 1.37. The van der Waals surface area contributed by atoms with Crippen molar-refractivity contribution in [2.75, 3.05) is 13.1 Å². The van der Waals surface area contributed by atoms with Gasteiger partial charge in [-0.25, -0.2) is 0 Å². The van der Waals surface area contributed by atoms with Crippen LogP contribution in [0.1, 0.15) is 65.2 Å². The molecule has 1 aromatic heterocycles. The van der Waals surface area contributed by atoms with Crippen LogP contribution in [0.15, 0.2) is 54.7 Å². The zero-order valence-corrected chi connectivity index (χ0v) is 18.0. The third-order valence-corrected chi connectivity index (χ3v) is 6.70. The summed E-state index contributed by atoms with van der Waals surface area (Å²) in [6, 6.07) is 16.9. The van der Waals surface area contributed by atoms with E-state index in [2.05, 4.69) is 47.6 Å². The second-order valence-electron chi connectivity index (χ2n) is 8.73. The van der Waals surface area contributed by atoms with Crippen molar-refractivity contribution in [1.82, 2.24) is 14.7 Å². The lowest BCUT2D eigenvalue weighted by molar-refractivity contribution is 0.0784. The molecule has 0 radical (unpaired) electrons. The largest absolute Gasteiger partial charge is 0.392 e. The quantitative estimate of drug-likeness (QED) is 0.642. The maximum Gasteiger partial charge on any atom is 0.274 e. The van der Waals surface area contributed by atoms with E-state index in [9.17, 15) is 9.90 Å². The average Bonchev–Trinajstić information content (AvgIpc) is 3.34. The number of benzene rings is 2. The van der Waals surface area contributed by atoms with E-state index in [0.29, 0.717) is 18.2 Å². The fourth-order valence-corrected chi connectivity index (χ4v) is 4.83. The van der Waals surface area contributed by atoms with Gasteiger partial charge < -0.3 is 10.0 Å². The summed E-state index contributed by atoms with van der Waals surface area (Å²) in [6.07, 6.45) is 5.29. The maximum atomic E-state index is 12.9. The highest BCUT2D eigenvalue weighted by molar-refractivity contribution is 5.92. The Morgan fingerprint density at radius 3 is 2.65 bits per heavy atom. The number of rotatable bonds is 6. The van der Waals surface area contributed by atoms with Gasteiger partial charge in [0.05, 0.1) is 6.61 Å². The van der Waals surface area contributed by atoms with Crippen molar-refractivity contribution in [3.8, 4) is 11.1 Å². The van der Waals surface area contributed by atoms with Gasteiger partial charge in [0.2, 0.25) is 0 Å². The molecule has 1 unspecified atom stereocenters. The number of aryl methyl sites for hydroxylation is 1. The number of likely N-dealkylation sites (tertiary alicyclic amines) is 1. The third kappa shape index (κ3) is 3.90. The van der Waals surface area contributed by atoms with Gasteiger partial charge in [0.1, 0.15) is 5.69 Å². The summed E-state index contributed by atoms with van der Waals surface area (Å²) in [6.45, 7) is 4.17. The zero-order chi connectivity index (χ0) is 21.4. The predicted molar refractivity (Wildman–Crippen MR) is 121 cm³/mol. The highest BCUT2D eigenvalue weighted by Crippen LogP contribution is 2.44. The fraction of sp³-hybridized carbons (Fsp3) is 0.385. The fourth-order valence-electron chi connectivity index (χ4n) is 4.83. The summed E-state index contributed by atoms with van der Waals surface area (Å²) >= 11 is 0. The van der Waals surface area contributed by atoms with Gasteiger partial charge in [-0.05, 0) is 72.1 Å². The van der Waals surface area contributed by atoms with Crippen LogP contribution in [0.25, 0.3) is 11.1 Å². The lowest BCUT2D eigenvalue weighted by atomic mass is 9.89. The first-order chi connectivity index (χ1) is 15.2. The van der Waals surface area contributed by atoms with Gasteiger partial charge >= 0.3 is 0 Å². The zero-order valence-electron chi connectivity index (χ0n) is 18.0. The molecule has 1 N–H and O–H groups in total. The molecule has 2 heterocycles. The van der Waals surface area contributed by atoms with Gasteiger partial charge in [0, 0.05) is 31.7 Å². The lowest BCUT2D eigenvalue weighted by Gasteiger charge is -2.18. The number of nitrogens with zero attached hydrogens (tertiary/aromatic N) is 3. The van der Waals surface area contributed by atoms with Gasteiger partial charge in [0.15, 0.2) is 0 Å². The number of hydrogen-bond donors (Lipinski definition) is 1. The lowest BCUT2D eigenvalue weighted by Crippen LogP contribution is -2.29. The average molecular weight is 416 g/mol. The summed E-state index contributed by atoms with van der Waals surface area (Å²) < 4.78 is 1.78. The van der Waals surface area contributed by atoms with Gasteiger partial charge in [0.25, 0.3) is 5.91 Å². The molecule has 3 aromatic rings. The number of aliphatic hydroxyl groups excluding tert-OH is 1. The second-order valence-corrected chi connectivity index (χ2v) is 8.73. The second kappa shape index (κ2) is 8.31. The van der Waals surface area contributed by atoms with Gasteiger partial charge in [-0.3, -0.25) is 9.48 Å². The van der Waals surface area contributed by atoms with Crippen molar-refractivity contribution in [2.24, 2.45) is 0 Å². The van der Waals surface area contributed by atoms with Crippen LogP contribution >= 0.6 is 0 Å². The topological polar surface area (TPSA) is 58.4 Å². The SMILES string of the molecule is CCn1ccc(C(=O)N2CCC(c3ccc(-c4ccccc4C4CC4)cc3CO)C2)n1. The van der Waals surface area contributed by atoms with Crippen molar-refractivity contribution < 1.29 is 9.90 Å². The molecule has 1 saturated heterocycles. The molecule has 0 spiro atoms. The number of carbonyl (C=O) groups is 1. The molecule has 1 aliphatic heterocycles. The first-order valence-electron chi connectivity index (χ1n) is 11.3. The Bertz CT molecular complexity index is 1100. The summed E-state index contributed by atoms with van der Waals surface area (Å²) in [5, 5.41) is 14.5. The van der Waals surface area contributed by atoms with Crippen LogP contribution in [0.3, 0.4) is 0 Å². The molecule has 1 amide bonds. The van der Waals surface area contributed by atoms with E-state index in [1.165, 1.54) is 29.5 Å². The molecule has 160 valence electrons. The van der Waals surface area contributed by atoms with Crippen LogP contribution in [0.5, 0.6) is 0 Å². The Morgan fingerprint density at radius 1 is 1.06 bits per heavy atom. The van der Waals surface area contributed by atoms with Crippen LogP contribution in [0.4, 0.5) is 0 Å². The van der Waals surface area contributed by atoms with E-state index in [-0.39, 0.29) is 18.4 Å². The Kier molecular flexibility index (Phi) is 5.36. The first-order valence-corrected chi connectivity index (χ1v) is 11.3. The number of hydrogen-bond acceptors (Lipinski definition) is 3. The minimum Gasteiger partial charge on any atom is -0.392 e. The standard InChI is InChI=1S/C26H29N3O2/c1-2-29-14-12-25(27-29)26(31)28-13-11-20(16-28)22-10-9-19(15-21(22)17-30)24-6-4-3-5-23(24)18-7-8-18/h3-6,9-10,12,14-15,18,20,30H,2,7-8,11,13,16-17H2,1H3. The number of amides is 1. The van der Waals surface area contributed by atoms with Gasteiger partial charge in [-0.1, -0.05) is 36.4 Å². The van der Waals surface area contributed by atoms with Crippen LogP contribution in [0, 0.1) is 0 Å². The predicted octanol–water partition coefficient (Wildman–Crippen LogP) is 4.57. The van der Waals surface area contributed by atoms with E-state index in [0.717, 1.165) is 30.6 Å². The van der Waals surface area contributed by atoms with Crippen molar-refractivity contribution >= 4 is 5.91 Å². The molecule has 5 nitrogen and oxygen atoms in total. The number of aliphatic hydroxyl groups is 1. The molecule has 2 fully saturated rings. The summed E-state index contributed by atoms with van der Waals surface area (Å²) in [5.41, 5.74) is 6.51. The molecule has 2 aliphatic rings. The van der Waals surface area contributed by atoms with E-state index in [1.54, 1.807) is 10.7 Å². The Labute approximate surface area is 183 Å². The van der Waals surface area contributed by atoms with Crippen molar-refractivity contribution in [3.63, 3.8) is 0 Å². The number of aromatic nitrogens is 2. The van der Waals surface area contributed by atoms with E-state index >= 15 is 0 Å². The minimum absolute atomic E-state index is 0.00442. The van der Waals surface area contributed by atoms with Crippen molar-refractivity contribution in [2.45, 2.75) is 51.2 Å². The molecule has 1 aliphatic carbocycles. The minimum atomic E-state index is -0.00442. The molecule has 1 atom stereocenters. The normalized spacial score (nSPS) is 18.5. The molecule has 31 heavy (non-hydrogen) atoms. The smallest absolute Gasteiger partial charge is 0.274 e. The Hall–Kier alpha value is -2.92. The van der Waals surface area contributed by atoms with Crippen LogP contribution < -0.4 is 0 Å². The molecule has 5 heteroatoms. The van der Waals surface area contributed by atoms with E-state index in [4.69, 9.17) is 0 Å². The van der Waals surface area contributed by atoms with Crippen LogP contribution in [-0.4, -0.2) is 38.8 Å². The Morgan fingerprint density at radius 2 is 1.90 bits per heavy atom. The molecule has 1 saturated carbocycles. The van der Waals surface area contributed by atoms with E-state index < -0.39 is 0 Å². The highest BCUT2D eigenvalue weighted by Gasteiger charge is 2.31. The molecule has 2 aromatic carbocycles. The first kappa shape index (κ1) is 20.0. The maximum absolute atomic E-state index is 12.9. The molecular formula is C26H29N3O2. The molecular weight excluding hydrogens is 386 g/mol. The van der Waals surface area contributed by atoms with Crippen LogP contribution in [0.2, 0.25) is 0 Å². The summed E-state index contributed by atoms with van der Waals surface area (Å²) in [7, 11) is 0. The summed E-state index contributed by atoms with van der Waals surface area (Å²) in [5.74, 6) is 0.918.